The maximum Gasteiger partial charge on any atom is 0.410 e. The monoisotopic (exact) mass is 538 g/mol. The number of benzene rings is 2. The summed E-state index contributed by atoms with van der Waals surface area (Å²) < 4.78 is 36.4. The summed E-state index contributed by atoms with van der Waals surface area (Å²) in [6.45, 7) is 6.31. The van der Waals surface area contributed by atoms with E-state index in [0.717, 1.165) is 11.8 Å². The van der Waals surface area contributed by atoms with Crippen molar-refractivity contribution >= 4 is 39.2 Å². The summed E-state index contributed by atoms with van der Waals surface area (Å²) in [6, 6.07) is 12.1. The van der Waals surface area contributed by atoms with Gasteiger partial charge in [0.1, 0.15) is 11.4 Å². The number of carbonyl (C=O) groups is 2. The summed E-state index contributed by atoms with van der Waals surface area (Å²) in [5, 5.41) is 0.649. The van der Waals surface area contributed by atoms with Crippen molar-refractivity contribution < 1.29 is 27.5 Å². The smallest absolute Gasteiger partial charge is 0.410 e. The molecule has 0 fully saturated rings. The van der Waals surface area contributed by atoms with E-state index in [2.05, 4.69) is 4.72 Å². The van der Waals surface area contributed by atoms with Gasteiger partial charge in [0.25, 0.3) is 0 Å². The molecule has 1 N–H and O–H groups in total. The van der Waals surface area contributed by atoms with E-state index in [4.69, 9.17) is 21.1 Å². The highest BCUT2D eigenvalue weighted by Crippen LogP contribution is 2.27. The van der Waals surface area contributed by atoms with Crippen molar-refractivity contribution in [3.05, 3.63) is 58.6 Å². The van der Waals surface area contributed by atoms with E-state index in [1.54, 1.807) is 17.0 Å². The van der Waals surface area contributed by atoms with Crippen LogP contribution in [-0.2, 0) is 21.2 Å². The van der Waals surface area contributed by atoms with Gasteiger partial charge in [-0.2, -0.15) is 0 Å². The van der Waals surface area contributed by atoms with Crippen molar-refractivity contribution in [1.29, 1.82) is 0 Å². The lowest BCUT2D eigenvalue weighted by molar-refractivity contribution is 0.0249. The second kappa shape index (κ2) is 13.0. The van der Waals surface area contributed by atoms with Crippen molar-refractivity contribution in [2.75, 3.05) is 31.2 Å². The highest BCUT2D eigenvalue weighted by molar-refractivity contribution is 7.92. The second-order valence-electron chi connectivity index (χ2n) is 9.48. The zero-order chi connectivity index (χ0) is 26.9. The Labute approximate surface area is 219 Å². The van der Waals surface area contributed by atoms with E-state index in [9.17, 15) is 18.0 Å². The zero-order valence-electron chi connectivity index (χ0n) is 21.5. The molecule has 0 radical (unpaired) electrons. The molecule has 0 atom stereocenters. The Morgan fingerprint density at radius 1 is 1.06 bits per heavy atom. The van der Waals surface area contributed by atoms with Crippen molar-refractivity contribution in [3.8, 4) is 5.75 Å². The minimum absolute atomic E-state index is 0.130. The molecule has 1 amide bonds. The number of rotatable bonds is 12. The fourth-order valence-electron chi connectivity index (χ4n) is 3.47. The van der Waals surface area contributed by atoms with Crippen molar-refractivity contribution in [2.24, 2.45) is 0 Å². The first kappa shape index (κ1) is 29.5. The lowest BCUT2D eigenvalue weighted by atomic mass is 10.0. The molecule has 2 rings (SSSR count). The van der Waals surface area contributed by atoms with E-state index in [0.29, 0.717) is 48.7 Å². The number of halogens is 1. The van der Waals surface area contributed by atoms with Gasteiger partial charge in [0.15, 0.2) is 5.78 Å². The van der Waals surface area contributed by atoms with Gasteiger partial charge in [-0.05, 0) is 69.9 Å². The predicted molar refractivity (Wildman–Crippen MR) is 143 cm³/mol. The minimum Gasteiger partial charge on any atom is -0.495 e. The molecule has 0 aliphatic carbocycles. The van der Waals surface area contributed by atoms with Crippen LogP contribution in [0.3, 0.4) is 0 Å². The second-order valence-corrected chi connectivity index (χ2v) is 11.6. The average molecular weight is 539 g/mol. The van der Waals surface area contributed by atoms with Gasteiger partial charge in [-0.1, -0.05) is 29.8 Å². The van der Waals surface area contributed by atoms with Gasteiger partial charge in [0.05, 0.1) is 19.1 Å². The highest BCUT2D eigenvalue weighted by Gasteiger charge is 2.22. The molecule has 2 aromatic carbocycles. The van der Waals surface area contributed by atoms with E-state index < -0.39 is 21.7 Å². The SMILES string of the molecule is COc1ccc(C(=O)CCCCN(CCc2ccccc2Cl)C(=O)OC(C)(C)C)cc1NS(C)(=O)=O. The quantitative estimate of drug-likeness (QED) is 0.280. The van der Waals surface area contributed by atoms with Crippen LogP contribution in [0.1, 0.15) is 56.0 Å². The molecular weight excluding hydrogens is 504 g/mol. The third-order valence-electron chi connectivity index (χ3n) is 5.16. The van der Waals surface area contributed by atoms with Crippen molar-refractivity contribution in [1.82, 2.24) is 4.90 Å². The minimum atomic E-state index is -3.53. The topological polar surface area (TPSA) is 102 Å². The van der Waals surface area contributed by atoms with Gasteiger partial charge in [0, 0.05) is 30.1 Å². The first-order valence-electron chi connectivity index (χ1n) is 11.7. The number of carbonyl (C=O) groups excluding carboxylic acids is 2. The zero-order valence-corrected chi connectivity index (χ0v) is 23.0. The molecule has 0 aromatic heterocycles. The number of hydrogen-bond donors (Lipinski definition) is 1. The molecule has 0 saturated carbocycles. The van der Waals surface area contributed by atoms with Crippen LogP contribution in [0.25, 0.3) is 0 Å². The van der Waals surface area contributed by atoms with Gasteiger partial charge < -0.3 is 14.4 Å². The molecule has 0 saturated heterocycles. The summed E-state index contributed by atoms with van der Waals surface area (Å²) in [7, 11) is -2.11. The highest BCUT2D eigenvalue weighted by atomic mass is 35.5. The molecule has 0 spiro atoms. The third-order valence-corrected chi connectivity index (χ3v) is 6.12. The first-order valence-corrected chi connectivity index (χ1v) is 14.0. The number of unbranched alkanes of at least 4 members (excludes halogenated alkanes) is 1. The van der Waals surface area contributed by atoms with Gasteiger partial charge in [-0.3, -0.25) is 9.52 Å². The molecule has 8 nitrogen and oxygen atoms in total. The fourth-order valence-corrected chi connectivity index (χ4v) is 4.26. The third kappa shape index (κ3) is 10.1. The van der Waals surface area contributed by atoms with E-state index in [1.807, 2.05) is 45.0 Å². The summed E-state index contributed by atoms with van der Waals surface area (Å²) in [4.78, 5) is 27.1. The standard InChI is InChI=1S/C26H35ClN2O6S/c1-26(2,3)35-25(31)29(17-15-19-10-6-7-11-21(19)27)16-9-8-12-23(30)20-13-14-24(34-4)22(18-20)28-36(5,32)33/h6-7,10-11,13-14,18,28H,8-9,12,15-17H2,1-5H3. The van der Waals surface area contributed by atoms with Crippen LogP contribution in [0.5, 0.6) is 5.75 Å². The van der Waals surface area contributed by atoms with Gasteiger partial charge in [0.2, 0.25) is 10.0 Å². The molecule has 2 aromatic rings. The number of Topliss-reactive ketones (excluding diaryl/α,β-unsaturated/α-hetero) is 1. The fraction of sp³-hybridized carbons (Fsp3) is 0.462. The molecule has 0 aliphatic rings. The molecular formula is C26H35ClN2O6S. The Kier molecular flexibility index (Phi) is 10.6. The average Bonchev–Trinajstić information content (AvgIpc) is 2.77. The van der Waals surface area contributed by atoms with E-state index in [1.165, 1.54) is 13.2 Å². The van der Waals surface area contributed by atoms with Crippen LogP contribution >= 0.6 is 11.6 Å². The Balaban J connectivity index is 1.99. The van der Waals surface area contributed by atoms with Crippen molar-refractivity contribution in [3.63, 3.8) is 0 Å². The van der Waals surface area contributed by atoms with Crippen LogP contribution in [0.15, 0.2) is 42.5 Å². The number of amides is 1. The number of methoxy groups -OCH3 is 1. The predicted octanol–water partition coefficient (Wildman–Crippen LogP) is 5.55. The Bertz CT molecular complexity index is 1160. The maximum absolute atomic E-state index is 12.8. The van der Waals surface area contributed by atoms with Crippen molar-refractivity contribution in [2.45, 2.75) is 52.1 Å². The first-order chi connectivity index (χ1) is 16.8. The molecule has 10 heteroatoms. The summed E-state index contributed by atoms with van der Waals surface area (Å²) in [6.07, 6.45) is 2.59. The number of sulfonamides is 1. The van der Waals surface area contributed by atoms with Crippen LogP contribution in [0.4, 0.5) is 10.5 Å². The lowest BCUT2D eigenvalue weighted by Gasteiger charge is -2.27. The Hall–Kier alpha value is -2.78. The normalized spacial score (nSPS) is 11.6. The van der Waals surface area contributed by atoms with E-state index in [-0.39, 0.29) is 17.9 Å². The largest absolute Gasteiger partial charge is 0.495 e. The van der Waals surface area contributed by atoms with Crippen LogP contribution < -0.4 is 9.46 Å². The maximum atomic E-state index is 12.8. The molecule has 0 aliphatic heterocycles. The van der Waals surface area contributed by atoms with Gasteiger partial charge >= 0.3 is 6.09 Å². The summed E-state index contributed by atoms with van der Waals surface area (Å²) in [5.74, 6) is 0.192. The molecule has 0 heterocycles. The Morgan fingerprint density at radius 3 is 2.36 bits per heavy atom. The number of nitrogens with zero attached hydrogens (tertiary/aromatic N) is 1. The van der Waals surface area contributed by atoms with Crippen LogP contribution in [0, 0.1) is 0 Å². The summed E-state index contributed by atoms with van der Waals surface area (Å²) in [5.41, 5.74) is 0.911. The Morgan fingerprint density at radius 2 is 1.75 bits per heavy atom. The summed E-state index contributed by atoms with van der Waals surface area (Å²) >= 11 is 6.26. The number of ether oxygens (including phenoxy) is 2. The van der Waals surface area contributed by atoms with Gasteiger partial charge in [-0.15, -0.1) is 0 Å². The van der Waals surface area contributed by atoms with Gasteiger partial charge in [-0.25, -0.2) is 13.2 Å². The van der Waals surface area contributed by atoms with Crippen LogP contribution in [-0.4, -0.2) is 57.3 Å². The number of hydrogen-bond acceptors (Lipinski definition) is 6. The molecule has 0 bridgehead atoms. The molecule has 36 heavy (non-hydrogen) atoms. The lowest BCUT2D eigenvalue weighted by Crippen LogP contribution is -2.38. The molecule has 198 valence electrons. The number of ketones is 1. The molecule has 0 unspecified atom stereocenters. The number of anilines is 1. The van der Waals surface area contributed by atoms with Crippen LogP contribution in [0.2, 0.25) is 5.02 Å². The number of nitrogens with one attached hydrogen (secondary N) is 1. The van der Waals surface area contributed by atoms with E-state index >= 15 is 0 Å².